The van der Waals surface area contributed by atoms with Crippen LogP contribution in [-0.2, 0) is 6.18 Å². The van der Waals surface area contributed by atoms with Crippen molar-refractivity contribution in [3.8, 4) is 0 Å². The van der Waals surface area contributed by atoms with Gasteiger partial charge in [0.15, 0.2) is 5.65 Å². The molecule has 2 heterocycles. The van der Waals surface area contributed by atoms with Gasteiger partial charge in [0.25, 0.3) is 5.82 Å². The maximum atomic E-state index is 12.4. The largest absolute Gasteiger partial charge is 0.453 e. The molecular formula is C9H7BrF3N3. The lowest BCUT2D eigenvalue weighted by Crippen LogP contribution is -2.07. The highest BCUT2D eigenvalue weighted by molar-refractivity contribution is 9.10. The van der Waals surface area contributed by atoms with Crippen LogP contribution in [0.15, 0.2) is 10.7 Å². The first kappa shape index (κ1) is 11.4. The number of rotatable bonds is 0. The van der Waals surface area contributed by atoms with Gasteiger partial charge in [-0.2, -0.15) is 13.2 Å². The van der Waals surface area contributed by atoms with Gasteiger partial charge in [0.05, 0.1) is 0 Å². The Bertz CT molecular complexity index is 559. The smallest absolute Gasteiger partial charge is 0.206 e. The second-order valence-corrected chi connectivity index (χ2v) is 4.20. The fourth-order valence-electron chi connectivity index (χ4n) is 1.31. The van der Waals surface area contributed by atoms with E-state index in [0.717, 1.165) is 15.6 Å². The third-order valence-electron chi connectivity index (χ3n) is 2.32. The summed E-state index contributed by atoms with van der Waals surface area (Å²) in [6.45, 7) is 3.61. The van der Waals surface area contributed by atoms with Crippen molar-refractivity contribution in [3.05, 3.63) is 27.6 Å². The van der Waals surface area contributed by atoms with Crippen molar-refractivity contribution in [3.63, 3.8) is 0 Å². The summed E-state index contributed by atoms with van der Waals surface area (Å²) in [6, 6.07) is 1.57. The molecule has 2 rings (SSSR count). The summed E-state index contributed by atoms with van der Waals surface area (Å²) in [7, 11) is 0. The summed E-state index contributed by atoms with van der Waals surface area (Å²) in [4.78, 5) is 3.44. The van der Waals surface area contributed by atoms with Crippen LogP contribution in [0.1, 0.15) is 17.0 Å². The lowest BCUT2D eigenvalue weighted by atomic mass is 10.2. The van der Waals surface area contributed by atoms with Crippen molar-refractivity contribution in [2.24, 2.45) is 0 Å². The van der Waals surface area contributed by atoms with Gasteiger partial charge >= 0.3 is 6.18 Å². The molecule has 3 nitrogen and oxygen atoms in total. The molecule has 0 spiro atoms. The van der Waals surface area contributed by atoms with Crippen LogP contribution in [0.4, 0.5) is 13.2 Å². The number of alkyl halides is 3. The molecule has 0 atom stereocenters. The van der Waals surface area contributed by atoms with E-state index in [9.17, 15) is 13.2 Å². The summed E-state index contributed by atoms with van der Waals surface area (Å²) in [5.74, 6) is -1.13. The summed E-state index contributed by atoms with van der Waals surface area (Å²) in [5, 5.41) is 3.42. The SMILES string of the molecule is Cc1cc2nc(C(F)(F)F)nn2c(Br)c1C. The second kappa shape index (κ2) is 3.44. The Hall–Kier alpha value is -1.11. The van der Waals surface area contributed by atoms with E-state index in [-0.39, 0.29) is 5.65 Å². The summed E-state index contributed by atoms with van der Waals surface area (Å²) in [6.07, 6.45) is -4.52. The van der Waals surface area contributed by atoms with Gasteiger partial charge in [-0.05, 0) is 47.0 Å². The zero-order valence-corrected chi connectivity index (χ0v) is 10.0. The lowest BCUT2D eigenvalue weighted by Gasteiger charge is -2.03. The van der Waals surface area contributed by atoms with Crippen molar-refractivity contribution in [1.82, 2.24) is 14.6 Å². The number of halogens is 4. The molecule has 7 heteroatoms. The molecule has 2 aromatic heterocycles. The maximum Gasteiger partial charge on any atom is 0.453 e. The van der Waals surface area contributed by atoms with Crippen molar-refractivity contribution in [2.75, 3.05) is 0 Å². The average Bonchev–Trinajstić information content (AvgIpc) is 2.57. The monoisotopic (exact) mass is 293 g/mol. The molecule has 0 N–H and O–H groups in total. The van der Waals surface area contributed by atoms with E-state index in [1.165, 1.54) is 0 Å². The Kier molecular flexibility index (Phi) is 2.45. The van der Waals surface area contributed by atoms with Gasteiger partial charge in [0.1, 0.15) is 4.60 Å². The van der Waals surface area contributed by atoms with Crippen molar-refractivity contribution in [1.29, 1.82) is 0 Å². The summed E-state index contributed by atoms with van der Waals surface area (Å²) in [5.41, 5.74) is 1.88. The third kappa shape index (κ3) is 1.68. The molecule has 0 bridgehead atoms. The molecule has 0 amide bonds. The quantitative estimate of drug-likeness (QED) is 0.699. The molecule has 0 aromatic carbocycles. The molecule has 0 aliphatic carbocycles. The summed E-state index contributed by atoms with van der Waals surface area (Å²) < 4.78 is 38.9. The lowest BCUT2D eigenvalue weighted by molar-refractivity contribution is -0.144. The van der Waals surface area contributed by atoms with Crippen molar-refractivity contribution in [2.45, 2.75) is 20.0 Å². The van der Waals surface area contributed by atoms with Gasteiger partial charge in [-0.1, -0.05) is 0 Å². The minimum atomic E-state index is -4.52. The highest BCUT2D eigenvalue weighted by atomic mass is 79.9. The van der Waals surface area contributed by atoms with Crippen LogP contribution in [0.5, 0.6) is 0 Å². The van der Waals surface area contributed by atoms with Gasteiger partial charge in [0.2, 0.25) is 0 Å². The molecular weight excluding hydrogens is 287 g/mol. The Labute approximate surface area is 97.4 Å². The molecule has 0 saturated carbocycles. The second-order valence-electron chi connectivity index (χ2n) is 3.45. The number of nitrogens with zero attached hydrogens (tertiary/aromatic N) is 3. The highest BCUT2D eigenvalue weighted by Crippen LogP contribution is 2.28. The van der Waals surface area contributed by atoms with E-state index in [1.807, 2.05) is 6.92 Å². The molecule has 16 heavy (non-hydrogen) atoms. The first-order valence-corrected chi connectivity index (χ1v) is 5.19. The van der Waals surface area contributed by atoms with Crippen LogP contribution in [0.25, 0.3) is 5.65 Å². The number of pyridine rings is 1. The topological polar surface area (TPSA) is 30.2 Å². The molecule has 2 aromatic rings. The molecule has 0 unspecified atom stereocenters. The zero-order chi connectivity index (χ0) is 12.1. The maximum absolute atomic E-state index is 12.4. The van der Waals surface area contributed by atoms with Crippen LogP contribution < -0.4 is 0 Å². The minimum absolute atomic E-state index is 0.183. The first-order chi connectivity index (χ1) is 7.30. The minimum Gasteiger partial charge on any atom is -0.206 e. The fraction of sp³-hybridized carbons (Fsp3) is 0.333. The third-order valence-corrected chi connectivity index (χ3v) is 3.25. The molecule has 0 fully saturated rings. The number of aromatic nitrogens is 3. The van der Waals surface area contributed by atoms with Gasteiger partial charge in [-0.3, -0.25) is 0 Å². The molecule has 86 valence electrons. The van der Waals surface area contributed by atoms with E-state index in [0.29, 0.717) is 4.60 Å². The van der Waals surface area contributed by atoms with Crippen molar-refractivity contribution >= 4 is 21.6 Å². The van der Waals surface area contributed by atoms with Crippen LogP contribution >= 0.6 is 15.9 Å². The summed E-state index contributed by atoms with van der Waals surface area (Å²) >= 11 is 3.20. The normalized spacial score (nSPS) is 12.4. The molecule has 0 saturated heterocycles. The predicted octanol–water partition coefficient (Wildman–Crippen LogP) is 3.13. The van der Waals surface area contributed by atoms with Gasteiger partial charge in [-0.25, -0.2) is 9.50 Å². The number of aryl methyl sites for hydroxylation is 1. The molecule has 0 aliphatic rings. The Morgan fingerprint density at radius 2 is 1.94 bits per heavy atom. The Morgan fingerprint density at radius 3 is 2.50 bits per heavy atom. The molecule has 0 radical (unpaired) electrons. The van der Waals surface area contributed by atoms with Gasteiger partial charge in [-0.15, -0.1) is 5.10 Å². The Morgan fingerprint density at radius 1 is 1.31 bits per heavy atom. The average molecular weight is 294 g/mol. The van der Waals surface area contributed by atoms with Gasteiger partial charge < -0.3 is 0 Å². The first-order valence-electron chi connectivity index (χ1n) is 4.40. The van der Waals surface area contributed by atoms with Crippen molar-refractivity contribution < 1.29 is 13.2 Å². The Balaban J connectivity index is 2.77. The van der Waals surface area contributed by atoms with Gasteiger partial charge in [0, 0.05) is 0 Å². The highest BCUT2D eigenvalue weighted by Gasteiger charge is 2.36. The van der Waals surface area contributed by atoms with E-state index >= 15 is 0 Å². The van der Waals surface area contributed by atoms with Crippen LogP contribution in [0.2, 0.25) is 0 Å². The van der Waals surface area contributed by atoms with Crippen LogP contribution in [0, 0.1) is 13.8 Å². The van der Waals surface area contributed by atoms with E-state index in [4.69, 9.17) is 0 Å². The standard InChI is InChI=1S/C9H7BrF3N3/c1-4-3-6-14-8(9(11,12)13)15-16(6)7(10)5(4)2/h3H,1-2H3. The molecule has 0 aliphatic heterocycles. The van der Waals surface area contributed by atoms with Crippen LogP contribution in [0.3, 0.4) is 0 Å². The van der Waals surface area contributed by atoms with E-state index < -0.39 is 12.0 Å². The van der Waals surface area contributed by atoms with E-state index in [2.05, 4.69) is 26.0 Å². The number of hydrogen-bond donors (Lipinski definition) is 0. The zero-order valence-electron chi connectivity index (χ0n) is 8.43. The fourth-order valence-corrected chi connectivity index (χ4v) is 1.88. The van der Waals surface area contributed by atoms with Crippen LogP contribution in [-0.4, -0.2) is 14.6 Å². The van der Waals surface area contributed by atoms with E-state index in [1.54, 1.807) is 13.0 Å². The number of hydrogen-bond acceptors (Lipinski definition) is 2. The predicted molar refractivity (Wildman–Crippen MR) is 55.2 cm³/mol. The number of fused-ring (bicyclic) bond motifs is 1.